The van der Waals surface area contributed by atoms with E-state index in [1.165, 1.54) is 0 Å². The second-order valence-electron chi connectivity index (χ2n) is 10.7. The smallest absolute Gasteiger partial charge is 0.252 e. The van der Waals surface area contributed by atoms with Crippen LogP contribution in [-0.2, 0) is 4.79 Å². The number of nitriles is 1. The number of aromatic nitrogens is 4. The highest BCUT2D eigenvalue weighted by molar-refractivity contribution is 6.00. The first-order chi connectivity index (χ1) is 18.5. The van der Waals surface area contributed by atoms with Crippen molar-refractivity contribution in [3.8, 4) is 17.3 Å². The van der Waals surface area contributed by atoms with Gasteiger partial charge in [-0.15, -0.1) is 0 Å². The van der Waals surface area contributed by atoms with Crippen LogP contribution in [-0.4, -0.2) is 56.1 Å². The van der Waals surface area contributed by atoms with Crippen molar-refractivity contribution >= 4 is 23.5 Å². The molecule has 194 valence electrons. The molecule has 1 aliphatic heterocycles. The van der Waals surface area contributed by atoms with Gasteiger partial charge in [-0.2, -0.15) is 10.4 Å². The summed E-state index contributed by atoms with van der Waals surface area (Å²) < 4.78 is 1.97. The molecule has 3 aromatic rings. The molecule has 1 aromatic carbocycles. The summed E-state index contributed by atoms with van der Waals surface area (Å²) in [7, 11) is 0. The van der Waals surface area contributed by atoms with Gasteiger partial charge in [-0.1, -0.05) is 18.2 Å². The van der Waals surface area contributed by atoms with Crippen LogP contribution in [0.3, 0.4) is 0 Å². The average Bonchev–Trinajstić information content (AvgIpc) is 3.35. The normalized spacial score (nSPS) is 22.1. The van der Waals surface area contributed by atoms with E-state index < -0.39 is 0 Å². The maximum Gasteiger partial charge on any atom is 0.252 e. The molecule has 38 heavy (non-hydrogen) atoms. The fraction of sp³-hybridized carbons (Fsp3) is 0.429. The standard InChI is InChI=1S/C28H30N8O2/c1-18-15-31-27(34-24(18)22-4-2-3-5-23(22)25(37)30-9-8-29)33-20-16-32-36(17-20)21-6-10-35(11-7-21)26(38)28-12-19(13-28)14-28/h2-5,15-17,19,21H,6-7,9-14H2,1H3,(H,30,37)(H,31,33,34). The molecule has 3 saturated carbocycles. The molecule has 4 fully saturated rings. The molecular weight excluding hydrogens is 480 g/mol. The van der Waals surface area contributed by atoms with Crippen molar-refractivity contribution in [2.45, 2.75) is 45.1 Å². The van der Waals surface area contributed by atoms with Gasteiger partial charge in [-0.3, -0.25) is 14.3 Å². The van der Waals surface area contributed by atoms with Gasteiger partial charge in [0.25, 0.3) is 5.91 Å². The van der Waals surface area contributed by atoms with Crippen LogP contribution in [0.15, 0.2) is 42.9 Å². The third-order valence-corrected chi connectivity index (χ3v) is 8.20. The zero-order valence-electron chi connectivity index (χ0n) is 21.4. The van der Waals surface area contributed by atoms with Crippen molar-refractivity contribution in [2.24, 2.45) is 11.3 Å². The van der Waals surface area contributed by atoms with E-state index in [1.807, 2.05) is 36.0 Å². The largest absolute Gasteiger partial charge is 0.342 e. The molecule has 3 aliphatic carbocycles. The Kier molecular flexibility index (Phi) is 6.06. The van der Waals surface area contributed by atoms with Crippen LogP contribution in [0, 0.1) is 29.6 Å². The van der Waals surface area contributed by atoms with Crippen LogP contribution in [0.4, 0.5) is 11.6 Å². The van der Waals surface area contributed by atoms with Crippen LogP contribution < -0.4 is 10.6 Å². The number of hydrogen-bond acceptors (Lipinski definition) is 7. The van der Waals surface area contributed by atoms with E-state index in [2.05, 4.69) is 25.6 Å². The van der Waals surface area contributed by atoms with E-state index in [9.17, 15) is 9.59 Å². The monoisotopic (exact) mass is 510 g/mol. The topological polar surface area (TPSA) is 129 Å². The molecule has 7 rings (SSSR count). The van der Waals surface area contributed by atoms with Crippen LogP contribution >= 0.6 is 0 Å². The molecule has 1 saturated heterocycles. The van der Waals surface area contributed by atoms with Gasteiger partial charge in [-0.25, -0.2) is 9.97 Å². The molecule has 4 aliphatic rings. The lowest BCUT2D eigenvalue weighted by atomic mass is 9.44. The fourth-order valence-electron chi connectivity index (χ4n) is 6.02. The minimum absolute atomic E-state index is 0.00582. The first-order valence-corrected chi connectivity index (χ1v) is 13.1. The predicted octanol–water partition coefficient (Wildman–Crippen LogP) is 3.61. The minimum atomic E-state index is -0.326. The average molecular weight is 511 g/mol. The SMILES string of the molecule is Cc1cnc(Nc2cnn(C3CCN(C(=O)C45CC(C4)C5)CC3)c2)nc1-c1ccccc1C(=O)NCC#N. The molecule has 10 nitrogen and oxygen atoms in total. The van der Waals surface area contributed by atoms with Crippen LogP contribution in [0.1, 0.15) is 54.1 Å². The zero-order valence-corrected chi connectivity index (χ0v) is 21.4. The fourth-order valence-corrected chi connectivity index (χ4v) is 6.02. The molecule has 2 N–H and O–H groups in total. The number of rotatable bonds is 7. The maximum absolute atomic E-state index is 12.9. The van der Waals surface area contributed by atoms with Gasteiger partial charge in [0, 0.05) is 36.6 Å². The molecule has 2 amide bonds. The zero-order chi connectivity index (χ0) is 26.3. The van der Waals surface area contributed by atoms with Gasteiger partial charge < -0.3 is 15.5 Å². The number of benzene rings is 1. The highest BCUT2D eigenvalue weighted by Crippen LogP contribution is 2.65. The van der Waals surface area contributed by atoms with Crippen molar-refractivity contribution in [1.29, 1.82) is 5.26 Å². The first kappa shape index (κ1) is 24.1. The number of aryl methyl sites for hydroxylation is 1. The van der Waals surface area contributed by atoms with Crippen molar-refractivity contribution < 1.29 is 9.59 Å². The Bertz CT molecular complexity index is 1420. The second kappa shape index (κ2) is 9.56. The highest BCUT2D eigenvalue weighted by atomic mass is 16.2. The molecule has 2 aromatic heterocycles. The van der Waals surface area contributed by atoms with E-state index in [0.29, 0.717) is 28.7 Å². The van der Waals surface area contributed by atoms with Crippen LogP contribution in [0.2, 0.25) is 0 Å². The molecule has 0 spiro atoms. The Labute approximate surface area is 221 Å². The maximum atomic E-state index is 12.9. The molecule has 0 unspecified atom stereocenters. The molecular formula is C28H30N8O2. The molecule has 3 heterocycles. The number of amides is 2. The van der Waals surface area contributed by atoms with Gasteiger partial charge in [0.1, 0.15) is 6.54 Å². The summed E-state index contributed by atoms with van der Waals surface area (Å²) in [5, 5.41) is 19.2. The number of piperidine rings is 1. The van der Waals surface area contributed by atoms with Crippen molar-refractivity contribution in [2.75, 3.05) is 25.0 Å². The number of anilines is 2. The van der Waals surface area contributed by atoms with Crippen molar-refractivity contribution in [3.05, 3.63) is 54.0 Å². The van der Waals surface area contributed by atoms with Crippen LogP contribution in [0.5, 0.6) is 0 Å². The summed E-state index contributed by atoms with van der Waals surface area (Å²) in [6.07, 6.45) is 10.5. The predicted molar refractivity (Wildman–Crippen MR) is 140 cm³/mol. The van der Waals surface area contributed by atoms with Gasteiger partial charge in [-0.05, 0) is 56.6 Å². The summed E-state index contributed by atoms with van der Waals surface area (Å²) in [6.45, 7) is 3.39. The van der Waals surface area contributed by atoms with Crippen molar-refractivity contribution in [3.63, 3.8) is 0 Å². The van der Waals surface area contributed by atoms with Crippen LogP contribution in [0.25, 0.3) is 11.3 Å². The molecule has 0 radical (unpaired) electrons. The molecule has 2 bridgehead atoms. The highest BCUT2D eigenvalue weighted by Gasteiger charge is 2.62. The lowest BCUT2D eigenvalue weighted by molar-refractivity contribution is -0.178. The molecule has 0 atom stereocenters. The summed E-state index contributed by atoms with van der Waals surface area (Å²) in [5.74, 6) is 1.26. The van der Waals surface area contributed by atoms with E-state index in [1.54, 1.807) is 24.5 Å². The number of hydrogen-bond donors (Lipinski definition) is 2. The summed E-state index contributed by atoms with van der Waals surface area (Å²) in [6, 6.07) is 9.36. The summed E-state index contributed by atoms with van der Waals surface area (Å²) >= 11 is 0. The van der Waals surface area contributed by atoms with Gasteiger partial charge in [0.15, 0.2) is 0 Å². The Morgan fingerprint density at radius 1 is 1.16 bits per heavy atom. The Balaban J connectivity index is 1.13. The van der Waals surface area contributed by atoms with E-state index >= 15 is 0 Å². The van der Waals surface area contributed by atoms with Gasteiger partial charge >= 0.3 is 0 Å². The number of likely N-dealkylation sites (tertiary alicyclic amines) is 1. The van der Waals surface area contributed by atoms with Gasteiger partial charge in [0.2, 0.25) is 11.9 Å². The Hall–Kier alpha value is -4.26. The second-order valence-corrected chi connectivity index (χ2v) is 10.7. The summed E-state index contributed by atoms with van der Waals surface area (Å²) in [4.78, 5) is 36.7. The number of carbonyl (C=O) groups excluding carboxylic acids is 2. The molecule has 10 heteroatoms. The van der Waals surface area contributed by atoms with Gasteiger partial charge in [0.05, 0.1) is 35.1 Å². The number of nitrogens with zero attached hydrogens (tertiary/aromatic N) is 6. The van der Waals surface area contributed by atoms with Crippen molar-refractivity contribution in [1.82, 2.24) is 30.0 Å². The minimum Gasteiger partial charge on any atom is -0.342 e. The lowest BCUT2D eigenvalue weighted by Gasteiger charge is -2.61. The first-order valence-electron chi connectivity index (χ1n) is 13.1. The lowest BCUT2D eigenvalue weighted by Crippen LogP contribution is -2.61. The van der Waals surface area contributed by atoms with E-state index in [4.69, 9.17) is 10.2 Å². The third-order valence-electron chi connectivity index (χ3n) is 8.20. The number of carbonyl (C=O) groups is 2. The Morgan fingerprint density at radius 2 is 1.92 bits per heavy atom. The van der Waals surface area contributed by atoms with E-state index in [0.717, 1.165) is 62.4 Å². The quantitative estimate of drug-likeness (QED) is 0.465. The summed E-state index contributed by atoms with van der Waals surface area (Å²) in [5.41, 5.74) is 3.34. The van der Waals surface area contributed by atoms with E-state index in [-0.39, 0.29) is 23.9 Å². The third kappa shape index (κ3) is 4.28. The number of nitrogens with one attached hydrogen (secondary N) is 2. The Morgan fingerprint density at radius 3 is 2.63 bits per heavy atom.